The number of aryl methyl sites for hydroxylation is 1. The third-order valence-corrected chi connectivity index (χ3v) is 5.37. The van der Waals surface area contributed by atoms with Gasteiger partial charge in [-0.2, -0.15) is 0 Å². The molecule has 8 heteroatoms. The molecular weight excluding hydrogens is 436 g/mol. The Balaban J connectivity index is 1.44. The number of hydrogen-bond donors (Lipinski definition) is 1. The zero-order valence-electron chi connectivity index (χ0n) is 18.7. The Morgan fingerprint density at radius 2 is 1.56 bits per heavy atom. The first-order chi connectivity index (χ1) is 16.4. The Labute approximate surface area is 196 Å². The number of nitrogens with one attached hydrogen (secondary N) is 1. The molecule has 1 aliphatic rings. The molecule has 0 radical (unpaired) electrons. The van der Waals surface area contributed by atoms with E-state index in [0.717, 1.165) is 10.5 Å². The van der Waals surface area contributed by atoms with Crippen molar-refractivity contribution in [3.63, 3.8) is 0 Å². The summed E-state index contributed by atoms with van der Waals surface area (Å²) in [6.45, 7) is 1.42. The van der Waals surface area contributed by atoms with Crippen LogP contribution in [-0.4, -0.2) is 42.3 Å². The van der Waals surface area contributed by atoms with Crippen molar-refractivity contribution in [3.8, 4) is 5.75 Å². The van der Waals surface area contributed by atoms with Crippen LogP contribution >= 0.6 is 0 Å². The Kier molecular flexibility index (Phi) is 6.40. The summed E-state index contributed by atoms with van der Waals surface area (Å²) in [5.74, 6) is -1.80. The average Bonchev–Trinajstić information content (AvgIpc) is 3.09. The van der Waals surface area contributed by atoms with Gasteiger partial charge in [0.2, 0.25) is 0 Å². The molecule has 0 saturated heterocycles. The van der Waals surface area contributed by atoms with Crippen molar-refractivity contribution in [3.05, 3.63) is 94.5 Å². The van der Waals surface area contributed by atoms with Crippen LogP contribution in [0.25, 0.3) is 0 Å². The number of carbonyl (C=O) groups excluding carboxylic acids is 4. The Morgan fingerprint density at radius 1 is 0.912 bits per heavy atom. The number of methoxy groups -OCH3 is 1. The molecule has 0 fully saturated rings. The third-order valence-electron chi connectivity index (χ3n) is 5.37. The van der Waals surface area contributed by atoms with Crippen molar-refractivity contribution in [1.29, 1.82) is 0 Å². The molecule has 3 amide bonds. The van der Waals surface area contributed by atoms with Crippen LogP contribution in [0.2, 0.25) is 0 Å². The number of rotatable bonds is 7. The monoisotopic (exact) mass is 458 g/mol. The van der Waals surface area contributed by atoms with E-state index in [2.05, 4.69) is 5.32 Å². The standard InChI is InChI=1S/C26H22N2O6/c1-16-7-10-18(11-8-16)27-23(29)15-34-26(32)21-13-17(9-12-22(21)33-2)14-28-24(30)19-5-3-4-6-20(19)25(28)31/h3-13H,14-15H2,1-2H3,(H,27,29). The molecule has 3 aromatic carbocycles. The zero-order chi connectivity index (χ0) is 24.2. The lowest BCUT2D eigenvalue weighted by Crippen LogP contribution is -2.29. The van der Waals surface area contributed by atoms with Gasteiger partial charge in [-0.3, -0.25) is 19.3 Å². The van der Waals surface area contributed by atoms with E-state index >= 15 is 0 Å². The van der Waals surface area contributed by atoms with Gasteiger partial charge in [-0.15, -0.1) is 0 Å². The summed E-state index contributed by atoms with van der Waals surface area (Å²) >= 11 is 0. The normalized spacial score (nSPS) is 12.4. The number of imide groups is 1. The van der Waals surface area contributed by atoms with Crippen molar-refractivity contribution in [2.75, 3.05) is 19.0 Å². The lowest BCUT2D eigenvalue weighted by atomic mass is 10.1. The summed E-state index contributed by atoms with van der Waals surface area (Å²) in [4.78, 5) is 51.3. The van der Waals surface area contributed by atoms with Crippen LogP contribution in [0.3, 0.4) is 0 Å². The fourth-order valence-corrected chi connectivity index (χ4v) is 3.62. The Morgan fingerprint density at radius 3 is 2.18 bits per heavy atom. The number of fused-ring (bicyclic) bond motifs is 1. The average molecular weight is 458 g/mol. The third kappa shape index (κ3) is 4.66. The van der Waals surface area contributed by atoms with Gasteiger partial charge in [0.25, 0.3) is 17.7 Å². The predicted molar refractivity (Wildman–Crippen MR) is 124 cm³/mol. The summed E-state index contributed by atoms with van der Waals surface area (Å²) in [7, 11) is 1.40. The maximum atomic E-state index is 12.7. The molecule has 1 heterocycles. The maximum absolute atomic E-state index is 12.7. The number of esters is 1. The SMILES string of the molecule is COc1ccc(CN2C(=O)c3ccccc3C2=O)cc1C(=O)OCC(=O)Nc1ccc(C)cc1. The van der Waals surface area contributed by atoms with Crippen molar-refractivity contribution in [2.24, 2.45) is 0 Å². The lowest BCUT2D eigenvalue weighted by molar-refractivity contribution is -0.119. The highest BCUT2D eigenvalue weighted by atomic mass is 16.5. The quantitative estimate of drug-likeness (QED) is 0.429. The van der Waals surface area contributed by atoms with Gasteiger partial charge in [0.05, 0.1) is 24.8 Å². The van der Waals surface area contributed by atoms with E-state index in [9.17, 15) is 19.2 Å². The summed E-state index contributed by atoms with van der Waals surface area (Å²) in [6, 6.07) is 18.5. The largest absolute Gasteiger partial charge is 0.496 e. The first-order valence-electron chi connectivity index (χ1n) is 10.5. The first kappa shape index (κ1) is 22.7. The highest BCUT2D eigenvalue weighted by molar-refractivity contribution is 6.21. The van der Waals surface area contributed by atoms with Gasteiger partial charge in [0.1, 0.15) is 11.3 Å². The van der Waals surface area contributed by atoms with Gasteiger partial charge in [-0.25, -0.2) is 4.79 Å². The highest BCUT2D eigenvalue weighted by Gasteiger charge is 2.35. The summed E-state index contributed by atoms with van der Waals surface area (Å²) in [5.41, 5.74) is 2.95. The molecule has 3 aromatic rings. The second-order valence-electron chi connectivity index (χ2n) is 7.77. The molecule has 0 unspecified atom stereocenters. The molecule has 0 spiro atoms. The second-order valence-corrected chi connectivity index (χ2v) is 7.77. The molecule has 1 N–H and O–H groups in total. The Bertz CT molecular complexity index is 1250. The van der Waals surface area contributed by atoms with Crippen LogP contribution in [-0.2, 0) is 16.1 Å². The van der Waals surface area contributed by atoms with Crippen molar-refractivity contribution >= 4 is 29.4 Å². The second kappa shape index (κ2) is 9.58. The van der Waals surface area contributed by atoms with Gasteiger partial charge < -0.3 is 14.8 Å². The molecule has 172 valence electrons. The summed E-state index contributed by atoms with van der Waals surface area (Å²) < 4.78 is 10.4. The number of ether oxygens (including phenoxy) is 2. The van der Waals surface area contributed by atoms with Gasteiger partial charge in [0, 0.05) is 5.69 Å². The van der Waals surface area contributed by atoms with Crippen molar-refractivity contribution in [1.82, 2.24) is 4.90 Å². The molecule has 0 saturated carbocycles. The number of amides is 3. The summed E-state index contributed by atoms with van der Waals surface area (Å²) in [5, 5.41) is 2.65. The van der Waals surface area contributed by atoms with E-state index in [1.54, 1.807) is 48.5 Å². The van der Waals surface area contributed by atoms with Crippen LogP contribution < -0.4 is 10.1 Å². The number of benzene rings is 3. The molecule has 0 atom stereocenters. The number of carbonyl (C=O) groups is 4. The molecule has 4 rings (SSSR count). The fourth-order valence-electron chi connectivity index (χ4n) is 3.62. The van der Waals surface area contributed by atoms with Crippen LogP contribution in [0.1, 0.15) is 42.2 Å². The highest BCUT2D eigenvalue weighted by Crippen LogP contribution is 2.26. The van der Waals surface area contributed by atoms with E-state index < -0.39 is 30.3 Å². The zero-order valence-corrected chi connectivity index (χ0v) is 18.7. The van der Waals surface area contributed by atoms with E-state index in [0.29, 0.717) is 22.4 Å². The van der Waals surface area contributed by atoms with Crippen LogP contribution in [0, 0.1) is 6.92 Å². The summed E-state index contributed by atoms with van der Waals surface area (Å²) in [6.07, 6.45) is 0. The van der Waals surface area contributed by atoms with Crippen molar-refractivity contribution in [2.45, 2.75) is 13.5 Å². The number of anilines is 1. The van der Waals surface area contributed by atoms with Gasteiger partial charge >= 0.3 is 5.97 Å². The molecule has 8 nitrogen and oxygen atoms in total. The molecule has 0 aliphatic carbocycles. The van der Waals surface area contributed by atoms with Crippen LogP contribution in [0.15, 0.2) is 66.7 Å². The number of nitrogens with zero attached hydrogens (tertiary/aromatic N) is 1. The number of hydrogen-bond acceptors (Lipinski definition) is 6. The smallest absolute Gasteiger partial charge is 0.342 e. The van der Waals surface area contributed by atoms with Crippen LogP contribution in [0.5, 0.6) is 5.75 Å². The van der Waals surface area contributed by atoms with E-state index in [4.69, 9.17) is 9.47 Å². The van der Waals surface area contributed by atoms with Gasteiger partial charge in [-0.05, 0) is 48.9 Å². The molecule has 0 aromatic heterocycles. The topological polar surface area (TPSA) is 102 Å². The molecular formula is C26H22N2O6. The van der Waals surface area contributed by atoms with Crippen LogP contribution in [0.4, 0.5) is 5.69 Å². The molecule has 1 aliphatic heterocycles. The minimum Gasteiger partial charge on any atom is -0.496 e. The Hall–Kier alpha value is -4.46. The van der Waals surface area contributed by atoms with Gasteiger partial charge in [0.15, 0.2) is 6.61 Å². The minimum absolute atomic E-state index is 0.0233. The molecule has 0 bridgehead atoms. The minimum atomic E-state index is -0.764. The van der Waals surface area contributed by atoms with Crippen molar-refractivity contribution < 1.29 is 28.7 Å². The fraction of sp³-hybridized carbons (Fsp3) is 0.154. The lowest BCUT2D eigenvalue weighted by Gasteiger charge is -2.16. The van der Waals surface area contributed by atoms with E-state index in [-0.39, 0.29) is 17.9 Å². The van der Waals surface area contributed by atoms with E-state index in [1.165, 1.54) is 13.2 Å². The molecule has 34 heavy (non-hydrogen) atoms. The van der Waals surface area contributed by atoms with Gasteiger partial charge in [-0.1, -0.05) is 35.9 Å². The van der Waals surface area contributed by atoms with E-state index in [1.807, 2.05) is 19.1 Å². The maximum Gasteiger partial charge on any atom is 0.342 e. The first-order valence-corrected chi connectivity index (χ1v) is 10.5. The predicted octanol–water partition coefficient (Wildman–Crippen LogP) is 3.60.